The van der Waals surface area contributed by atoms with Gasteiger partial charge in [0.25, 0.3) is 5.91 Å². The molecule has 0 saturated heterocycles. The van der Waals surface area contributed by atoms with Gasteiger partial charge in [-0.15, -0.1) is 0 Å². The number of rotatable bonds is 6. The number of carboxylic acid groups (broad SMARTS) is 1. The van der Waals surface area contributed by atoms with E-state index < -0.39 is 23.8 Å². The van der Waals surface area contributed by atoms with Crippen molar-refractivity contribution in [2.45, 2.75) is 13.0 Å². The van der Waals surface area contributed by atoms with E-state index in [0.29, 0.717) is 5.69 Å². The van der Waals surface area contributed by atoms with Crippen LogP contribution in [0.3, 0.4) is 0 Å². The number of nitrogens with two attached hydrogens (primary N) is 1. The number of nitrogens with one attached hydrogen (secondary N) is 2. The molecular formula is C12H15N3O4. The minimum absolute atomic E-state index is 0.180. The van der Waals surface area contributed by atoms with Gasteiger partial charge in [-0.3, -0.25) is 19.7 Å². The molecule has 0 aliphatic carbocycles. The summed E-state index contributed by atoms with van der Waals surface area (Å²) in [5, 5.41) is 13.7. The van der Waals surface area contributed by atoms with Crippen LogP contribution in [0.5, 0.6) is 0 Å². The van der Waals surface area contributed by atoms with Crippen molar-refractivity contribution >= 4 is 23.5 Å². The van der Waals surface area contributed by atoms with E-state index in [9.17, 15) is 14.4 Å². The minimum atomic E-state index is -1.05. The first-order chi connectivity index (χ1) is 8.91. The summed E-state index contributed by atoms with van der Waals surface area (Å²) in [6.45, 7) is 1.24. The van der Waals surface area contributed by atoms with Crippen LogP contribution in [0.4, 0.5) is 5.69 Å². The predicted octanol–water partition coefficient (Wildman–Crippen LogP) is -0.213. The molecule has 0 heterocycles. The van der Waals surface area contributed by atoms with E-state index in [-0.39, 0.29) is 12.1 Å². The largest absolute Gasteiger partial charge is 0.480 e. The summed E-state index contributed by atoms with van der Waals surface area (Å²) >= 11 is 0. The summed E-state index contributed by atoms with van der Waals surface area (Å²) in [5.41, 5.74) is 5.66. The molecule has 19 heavy (non-hydrogen) atoms. The molecule has 1 aromatic rings. The molecule has 0 radical (unpaired) electrons. The van der Waals surface area contributed by atoms with Gasteiger partial charge in [-0.1, -0.05) is 12.1 Å². The fourth-order valence-corrected chi connectivity index (χ4v) is 1.33. The van der Waals surface area contributed by atoms with Gasteiger partial charge in [-0.2, -0.15) is 0 Å². The van der Waals surface area contributed by atoms with Crippen LogP contribution in [0.2, 0.25) is 0 Å². The van der Waals surface area contributed by atoms with Gasteiger partial charge < -0.3 is 16.2 Å². The van der Waals surface area contributed by atoms with Crippen molar-refractivity contribution in [3.63, 3.8) is 0 Å². The molecule has 0 aliphatic rings. The maximum Gasteiger partial charge on any atom is 0.320 e. The second-order valence-corrected chi connectivity index (χ2v) is 3.90. The predicted molar refractivity (Wildman–Crippen MR) is 68.7 cm³/mol. The summed E-state index contributed by atoms with van der Waals surface area (Å²) in [5.74, 6) is -2.16. The van der Waals surface area contributed by atoms with Crippen molar-refractivity contribution in [3.8, 4) is 0 Å². The Hall–Kier alpha value is -2.41. The Morgan fingerprint density at radius 1 is 1.32 bits per heavy atom. The van der Waals surface area contributed by atoms with E-state index in [1.165, 1.54) is 13.0 Å². The van der Waals surface area contributed by atoms with Crippen LogP contribution in [0.1, 0.15) is 17.3 Å². The molecule has 7 nitrogen and oxygen atoms in total. The van der Waals surface area contributed by atoms with Crippen LogP contribution in [0.15, 0.2) is 24.3 Å². The first kappa shape index (κ1) is 14.7. The molecule has 102 valence electrons. The average molecular weight is 265 g/mol. The summed E-state index contributed by atoms with van der Waals surface area (Å²) < 4.78 is 0. The second kappa shape index (κ2) is 6.50. The summed E-state index contributed by atoms with van der Waals surface area (Å²) in [6.07, 6.45) is 0. The zero-order chi connectivity index (χ0) is 14.4. The lowest BCUT2D eigenvalue weighted by Crippen LogP contribution is -2.39. The maximum atomic E-state index is 11.6. The maximum absolute atomic E-state index is 11.6. The molecule has 0 bridgehead atoms. The summed E-state index contributed by atoms with van der Waals surface area (Å²) in [4.78, 5) is 33.3. The van der Waals surface area contributed by atoms with E-state index in [4.69, 9.17) is 10.8 Å². The first-order valence-electron chi connectivity index (χ1n) is 5.56. The molecule has 0 spiro atoms. The SMILES string of the molecule is CC(NCC(=O)Nc1ccccc1C(N)=O)C(=O)O. The third-order valence-electron chi connectivity index (χ3n) is 2.41. The van der Waals surface area contributed by atoms with E-state index >= 15 is 0 Å². The number of amides is 2. The Labute approximate surface area is 109 Å². The third-order valence-corrected chi connectivity index (χ3v) is 2.41. The van der Waals surface area contributed by atoms with E-state index in [2.05, 4.69) is 10.6 Å². The summed E-state index contributed by atoms with van der Waals surface area (Å²) in [7, 11) is 0. The van der Waals surface area contributed by atoms with Crippen LogP contribution in [-0.2, 0) is 9.59 Å². The van der Waals surface area contributed by atoms with Crippen LogP contribution in [0.25, 0.3) is 0 Å². The lowest BCUT2D eigenvalue weighted by Gasteiger charge is -2.11. The molecule has 1 rings (SSSR count). The zero-order valence-electron chi connectivity index (χ0n) is 10.3. The summed E-state index contributed by atoms with van der Waals surface area (Å²) in [6, 6.07) is 5.47. The highest BCUT2D eigenvalue weighted by molar-refractivity contribution is 6.03. The molecule has 1 aromatic carbocycles. The smallest absolute Gasteiger partial charge is 0.320 e. The highest BCUT2D eigenvalue weighted by atomic mass is 16.4. The molecule has 5 N–H and O–H groups in total. The number of aliphatic carboxylic acids is 1. The fraction of sp³-hybridized carbons (Fsp3) is 0.250. The fourth-order valence-electron chi connectivity index (χ4n) is 1.33. The molecule has 1 unspecified atom stereocenters. The van der Waals surface area contributed by atoms with Gasteiger partial charge in [0, 0.05) is 0 Å². The van der Waals surface area contributed by atoms with Gasteiger partial charge in [0.2, 0.25) is 5.91 Å². The van der Waals surface area contributed by atoms with Crippen molar-refractivity contribution < 1.29 is 19.5 Å². The normalized spacial score (nSPS) is 11.6. The van der Waals surface area contributed by atoms with Gasteiger partial charge in [0.05, 0.1) is 17.8 Å². The van der Waals surface area contributed by atoms with Crippen molar-refractivity contribution in [2.75, 3.05) is 11.9 Å². The van der Waals surface area contributed by atoms with Crippen molar-refractivity contribution in [3.05, 3.63) is 29.8 Å². The van der Waals surface area contributed by atoms with Crippen LogP contribution in [0, 0.1) is 0 Å². The van der Waals surface area contributed by atoms with Crippen LogP contribution < -0.4 is 16.4 Å². The number of hydrogen-bond acceptors (Lipinski definition) is 4. The molecule has 0 saturated carbocycles. The number of carbonyl (C=O) groups excluding carboxylic acids is 2. The molecule has 0 aliphatic heterocycles. The average Bonchev–Trinajstić information content (AvgIpc) is 2.36. The zero-order valence-corrected chi connectivity index (χ0v) is 10.3. The Balaban J connectivity index is 2.63. The minimum Gasteiger partial charge on any atom is -0.480 e. The Kier molecular flexibility index (Phi) is 5.01. The number of hydrogen-bond donors (Lipinski definition) is 4. The lowest BCUT2D eigenvalue weighted by atomic mass is 10.1. The Bertz CT molecular complexity index is 502. The number of primary amides is 1. The standard InChI is InChI=1S/C12H15N3O4/c1-7(12(18)19)14-6-10(16)15-9-5-3-2-4-8(9)11(13)17/h2-5,7,14H,6H2,1H3,(H2,13,17)(H,15,16)(H,18,19). The monoisotopic (exact) mass is 265 g/mol. The Morgan fingerprint density at radius 3 is 2.53 bits per heavy atom. The van der Waals surface area contributed by atoms with E-state index in [0.717, 1.165) is 0 Å². The van der Waals surface area contributed by atoms with Crippen LogP contribution >= 0.6 is 0 Å². The molecule has 1 atom stereocenters. The van der Waals surface area contributed by atoms with Gasteiger partial charge in [0.15, 0.2) is 0 Å². The Morgan fingerprint density at radius 2 is 1.95 bits per heavy atom. The first-order valence-corrected chi connectivity index (χ1v) is 5.56. The molecule has 2 amide bonds. The van der Waals surface area contributed by atoms with Gasteiger partial charge >= 0.3 is 5.97 Å². The number of benzene rings is 1. The van der Waals surface area contributed by atoms with E-state index in [1.807, 2.05) is 0 Å². The lowest BCUT2D eigenvalue weighted by molar-refractivity contribution is -0.139. The third kappa shape index (κ3) is 4.40. The molecular weight excluding hydrogens is 250 g/mol. The van der Waals surface area contributed by atoms with Gasteiger partial charge in [-0.05, 0) is 19.1 Å². The molecule has 0 fully saturated rings. The highest BCUT2D eigenvalue weighted by Gasteiger charge is 2.13. The van der Waals surface area contributed by atoms with Gasteiger partial charge in [-0.25, -0.2) is 0 Å². The molecule has 7 heteroatoms. The number of carboxylic acids is 1. The number of carbonyl (C=O) groups is 3. The highest BCUT2D eigenvalue weighted by Crippen LogP contribution is 2.13. The van der Waals surface area contributed by atoms with Crippen molar-refractivity contribution in [2.24, 2.45) is 5.73 Å². The van der Waals surface area contributed by atoms with Gasteiger partial charge in [0.1, 0.15) is 6.04 Å². The second-order valence-electron chi connectivity index (χ2n) is 3.90. The number of para-hydroxylation sites is 1. The topological polar surface area (TPSA) is 122 Å². The van der Waals surface area contributed by atoms with Crippen molar-refractivity contribution in [1.82, 2.24) is 5.32 Å². The van der Waals surface area contributed by atoms with Crippen molar-refractivity contribution in [1.29, 1.82) is 0 Å². The quantitative estimate of drug-likeness (QED) is 0.567. The molecule has 0 aromatic heterocycles. The van der Waals surface area contributed by atoms with E-state index in [1.54, 1.807) is 18.2 Å². The van der Waals surface area contributed by atoms with Crippen LogP contribution in [-0.4, -0.2) is 35.5 Å². The number of anilines is 1.